The second-order valence-electron chi connectivity index (χ2n) is 1.75. The summed E-state index contributed by atoms with van der Waals surface area (Å²) in [5.41, 5.74) is 4.88. The van der Waals surface area contributed by atoms with E-state index in [1.54, 1.807) is 19.3 Å². The molecule has 48 valence electrons. The number of aromatic nitrogens is 2. The number of aryl methyl sites for hydroxylation is 1. The molecule has 0 aliphatic rings. The van der Waals surface area contributed by atoms with Crippen molar-refractivity contribution in [3.05, 3.63) is 22.7 Å². The first-order valence-electron chi connectivity index (χ1n) is 2.49. The van der Waals surface area contributed by atoms with Crippen molar-refractivity contribution in [2.75, 3.05) is 5.73 Å². The van der Waals surface area contributed by atoms with Gasteiger partial charge in [0.1, 0.15) is 5.82 Å². The van der Waals surface area contributed by atoms with Crippen LogP contribution in [0.4, 0.5) is 5.82 Å². The van der Waals surface area contributed by atoms with Crippen LogP contribution in [0.3, 0.4) is 0 Å². The fourth-order valence-electron chi connectivity index (χ4n) is 0.479. The summed E-state index contributed by atoms with van der Waals surface area (Å²) in [5.74, 6) is 0.262. The molecule has 0 amide bonds. The molecule has 1 heterocycles. The molecule has 2 N–H and O–H groups in total. The van der Waals surface area contributed by atoms with Crippen LogP contribution in [0.5, 0.6) is 0 Å². The van der Waals surface area contributed by atoms with Crippen molar-refractivity contribution >= 4 is 5.82 Å². The van der Waals surface area contributed by atoms with Crippen LogP contribution in [0, 0.1) is 0 Å². The Bertz CT molecular complexity index is 265. The number of hydrogen-bond acceptors (Lipinski definition) is 3. The Balaban J connectivity index is 3.34. The normalized spacial score (nSPS) is 9.44. The predicted molar refractivity (Wildman–Crippen MR) is 33.9 cm³/mol. The van der Waals surface area contributed by atoms with Gasteiger partial charge in [-0.15, -0.1) is 0 Å². The van der Waals surface area contributed by atoms with Gasteiger partial charge in [0.15, 0.2) is 0 Å². The molecular formula is C5H7N3O. The van der Waals surface area contributed by atoms with E-state index >= 15 is 0 Å². The van der Waals surface area contributed by atoms with Gasteiger partial charge in [0.05, 0.1) is 0 Å². The van der Waals surface area contributed by atoms with E-state index in [1.165, 1.54) is 4.57 Å². The lowest BCUT2D eigenvalue weighted by Crippen LogP contribution is -2.19. The molecule has 0 aromatic carbocycles. The van der Waals surface area contributed by atoms with Gasteiger partial charge >= 0.3 is 5.69 Å². The molecule has 1 aromatic rings. The average molecular weight is 126 g/mol. The van der Waals surface area contributed by atoms with E-state index in [9.17, 15) is 4.79 Å². The smallest absolute Gasteiger partial charge is 0.349 e. The summed E-state index contributed by atoms with van der Waals surface area (Å²) in [7, 11) is 1.62. The standard InChI is InChI=1S/C5H7N3O/c1-8-3-2-4(6)7-5(8)9/h2-3H,1H3,(H2,6,7,9)/i6+1. The lowest BCUT2D eigenvalue weighted by molar-refractivity contribution is 0.814. The van der Waals surface area contributed by atoms with Gasteiger partial charge < -0.3 is 10.3 Å². The minimum atomic E-state index is -0.324. The molecule has 0 spiro atoms. The maximum atomic E-state index is 10.6. The Morgan fingerprint density at radius 2 is 2.44 bits per heavy atom. The molecule has 1 rings (SSSR count). The zero-order valence-electron chi connectivity index (χ0n) is 5.03. The van der Waals surface area contributed by atoms with Gasteiger partial charge in [-0.1, -0.05) is 0 Å². The molecule has 4 heteroatoms. The summed E-state index contributed by atoms with van der Waals surface area (Å²) in [6.07, 6.45) is 1.57. The first-order chi connectivity index (χ1) is 4.20. The van der Waals surface area contributed by atoms with Gasteiger partial charge in [0.25, 0.3) is 0 Å². The van der Waals surface area contributed by atoms with Crippen LogP contribution in [0.15, 0.2) is 17.1 Å². The number of hydrogen-bond donors (Lipinski definition) is 1. The van der Waals surface area contributed by atoms with Crippen molar-refractivity contribution in [2.45, 2.75) is 0 Å². The van der Waals surface area contributed by atoms with Crippen LogP contribution in [0.1, 0.15) is 0 Å². The maximum absolute atomic E-state index is 10.6. The van der Waals surface area contributed by atoms with E-state index in [4.69, 9.17) is 5.73 Å². The minimum absolute atomic E-state index is 0.262. The van der Waals surface area contributed by atoms with Gasteiger partial charge in [0.2, 0.25) is 0 Å². The molecule has 0 saturated carbocycles. The summed E-state index contributed by atoms with van der Waals surface area (Å²) in [4.78, 5) is 14.1. The van der Waals surface area contributed by atoms with Crippen molar-refractivity contribution < 1.29 is 0 Å². The van der Waals surface area contributed by atoms with Crippen LogP contribution in [-0.4, -0.2) is 9.55 Å². The van der Waals surface area contributed by atoms with Crippen LogP contribution in [-0.2, 0) is 7.05 Å². The Morgan fingerprint density at radius 1 is 1.78 bits per heavy atom. The molecule has 0 saturated heterocycles. The van der Waals surface area contributed by atoms with Crippen LogP contribution in [0.25, 0.3) is 0 Å². The Morgan fingerprint density at radius 3 is 2.89 bits per heavy atom. The largest absolute Gasteiger partial charge is 0.383 e. The number of anilines is 1. The lowest BCUT2D eigenvalue weighted by atomic mass is 10.6. The number of rotatable bonds is 0. The lowest BCUT2D eigenvalue weighted by Gasteiger charge is -1.92. The van der Waals surface area contributed by atoms with Crippen LogP contribution >= 0.6 is 0 Å². The SMILES string of the molecule is Cn1ccc([15NH2])nc1=O. The molecule has 0 atom stereocenters. The summed E-state index contributed by atoms with van der Waals surface area (Å²) in [6, 6.07) is 1.57. The van der Waals surface area contributed by atoms with Crippen LogP contribution in [0.2, 0.25) is 0 Å². The molecule has 4 nitrogen and oxygen atoms in total. The van der Waals surface area contributed by atoms with Crippen molar-refractivity contribution in [3.63, 3.8) is 0 Å². The molecule has 0 unspecified atom stereocenters. The number of nitrogens with two attached hydrogens (primary N) is 1. The van der Waals surface area contributed by atoms with E-state index in [0.29, 0.717) is 0 Å². The minimum Gasteiger partial charge on any atom is -0.383 e. The van der Waals surface area contributed by atoms with Gasteiger partial charge in [0, 0.05) is 13.2 Å². The third-order valence-electron chi connectivity index (χ3n) is 0.995. The van der Waals surface area contributed by atoms with Crippen LogP contribution < -0.4 is 11.4 Å². The van der Waals surface area contributed by atoms with Gasteiger partial charge in [-0.25, -0.2) is 4.79 Å². The van der Waals surface area contributed by atoms with Crippen molar-refractivity contribution in [1.82, 2.24) is 9.55 Å². The van der Waals surface area contributed by atoms with Gasteiger partial charge in [-0.05, 0) is 6.07 Å². The van der Waals surface area contributed by atoms with Gasteiger partial charge in [-0.2, -0.15) is 4.98 Å². The highest BCUT2D eigenvalue weighted by Gasteiger charge is 1.88. The highest BCUT2D eigenvalue weighted by Crippen LogP contribution is 1.85. The first kappa shape index (κ1) is 5.81. The zero-order valence-corrected chi connectivity index (χ0v) is 5.03. The monoisotopic (exact) mass is 126 g/mol. The maximum Gasteiger partial charge on any atom is 0.349 e. The summed E-state index contributed by atoms with van der Waals surface area (Å²) in [5, 5.41) is 0. The molecule has 1 aromatic heterocycles. The van der Waals surface area contributed by atoms with E-state index in [-0.39, 0.29) is 11.5 Å². The van der Waals surface area contributed by atoms with Crippen molar-refractivity contribution in [2.24, 2.45) is 7.05 Å². The fourth-order valence-corrected chi connectivity index (χ4v) is 0.479. The summed E-state index contributed by atoms with van der Waals surface area (Å²) >= 11 is 0. The number of nitrogen functional groups attached to an aromatic ring is 1. The summed E-state index contributed by atoms with van der Waals surface area (Å²) < 4.78 is 1.36. The first-order valence-corrected chi connectivity index (χ1v) is 2.49. The fraction of sp³-hybridized carbons (Fsp3) is 0.200. The van der Waals surface area contributed by atoms with E-state index in [1.807, 2.05) is 0 Å². The molecular weight excluding hydrogens is 119 g/mol. The zero-order chi connectivity index (χ0) is 6.85. The molecule has 9 heavy (non-hydrogen) atoms. The highest BCUT2D eigenvalue weighted by atomic mass is 16.1. The molecule has 0 bridgehead atoms. The predicted octanol–water partition coefficient (Wildman–Crippen LogP) is -0.637. The molecule has 0 aliphatic heterocycles. The van der Waals surface area contributed by atoms with E-state index in [2.05, 4.69) is 4.98 Å². The third-order valence-corrected chi connectivity index (χ3v) is 0.995. The Kier molecular flexibility index (Phi) is 1.22. The number of nitrogens with zero attached hydrogens (tertiary/aromatic N) is 2. The van der Waals surface area contributed by atoms with E-state index < -0.39 is 0 Å². The van der Waals surface area contributed by atoms with Crippen molar-refractivity contribution in [3.8, 4) is 0 Å². The molecule has 0 radical (unpaired) electrons. The third kappa shape index (κ3) is 1.07. The van der Waals surface area contributed by atoms with Crippen molar-refractivity contribution in [1.29, 1.82) is 0 Å². The topological polar surface area (TPSA) is 60.9 Å². The Hall–Kier alpha value is -1.32. The van der Waals surface area contributed by atoms with Gasteiger partial charge in [-0.3, -0.25) is 0 Å². The molecule has 0 fully saturated rings. The molecule has 0 aliphatic carbocycles. The Labute approximate surface area is 51.9 Å². The highest BCUT2D eigenvalue weighted by molar-refractivity contribution is 5.23. The second kappa shape index (κ2) is 1.89. The average Bonchev–Trinajstić information content (AvgIpc) is 1.80. The second-order valence-corrected chi connectivity index (χ2v) is 1.75. The summed E-state index contributed by atoms with van der Waals surface area (Å²) in [6.45, 7) is 0. The quantitative estimate of drug-likeness (QED) is 0.470. The van der Waals surface area contributed by atoms with E-state index in [0.717, 1.165) is 0 Å².